The maximum absolute atomic E-state index is 13.1. The van der Waals surface area contributed by atoms with Gasteiger partial charge in [0.05, 0.1) is 0 Å². The lowest BCUT2D eigenvalue weighted by Crippen LogP contribution is -2.48. The molecule has 0 aliphatic heterocycles. The molecule has 2 nitrogen and oxygen atoms in total. The third kappa shape index (κ3) is 8.14. The number of alkyl halides is 12. The van der Waals surface area contributed by atoms with Crippen molar-refractivity contribution in [2.75, 3.05) is 13.1 Å². The smallest absolute Gasteiger partial charge is 0.155 e. The standard InChI is InChI=1S/C29H28F12N2/c1-3-4-11-22-18(2)21-12-5-6-13-23(21)25-20(10-8-17-43(28(36,37)38)29(39,40)41)15-14-19(24(22)25)9-7-16-42(26(30,31)32)27(33,34)35/h3-4,6,11,13-15H,1,5,7-10,12,16-17H2,2H3/b11-4-. The van der Waals surface area contributed by atoms with Crippen molar-refractivity contribution in [2.45, 2.75) is 70.6 Å². The quantitative estimate of drug-likeness (QED) is 0.146. The molecular weight excluding hydrogens is 604 g/mol. The van der Waals surface area contributed by atoms with E-state index < -0.39 is 60.9 Å². The normalized spacial score (nSPS) is 14.9. The Morgan fingerprint density at radius 1 is 0.744 bits per heavy atom. The lowest BCUT2D eigenvalue weighted by molar-refractivity contribution is -0.374. The molecule has 0 saturated heterocycles. The summed E-state index contributed by atoms with van der Waals surface area (Å²) in [5.74, 6) is 0. The van der Waals surface area contributed by atoms with Crippen LogP contribution in [-0.2, 0) is 19.3 Å². The number of fused-ring (bicyclic) bond motifs is 3. The van der Waals surface area contributed by atoms with Crippen molar-refractivity contribution in [3.8, 4) is 0 Å². The molecular formula is C29H28F12N2. The third-order valence-electron chi connectivity index (χ3n) is 7.22. The maximum atomic E-state index is 13.1. The van der Waals surface area contributed by atoms with Gasteiger partial charge in [0.15, 0.2) is 0 Å². The molecule has 3 rings (SSSR count). The van der Waals surface area contributed by atoms with E-state index >= 15 is 0 Å². The van der Waals surface area contributed by atoms with Crippen molar-refractivity contribution < 1.29 is 52.7 Å². The van der Waals surface area contributed by atoms with Gasteiger partial charge in [-0.3, -0.25) is 0 Å². The summed E-state index contributed by atoms with van der Waals surface area (Å²) in [7, 11) is 0. The van der Waals surface area contributed by atoms with Crippen molar-refractivity contribution in [1.82, 2.24) is 9.80 Å². The zero-order valence-electron chi connectivity index (χ0n) is 22.8. The van der Waals surface area contributed by atoms with Crippen molar-refractivity contribution >= 4 is 22.9 Å². The molecule has 2 aromatic carbocycles. The van der Waals surface area contributed by atoms with Crippen LogP contribution in [0.1, 0.15) is 52.6 Å². The second kappa shape index (κ2) is 12.9. The van der Waals surface area contributed by atoms with E-state index in [1.807, 2.05) is 6.08 Å². The highest BCUT2D eigenvalue weighted by atomic mass is 19.4. The largest absolute Gasteiger partial charge is 0.467 e. The van der Waals surface area contributed by atoms with Crippen molar-refractivity contribution in [2.24, 2.45) is 0 Å². The second-order valence-electron chi connectivity index (χ2n) is 9.98. The minimum atomic E-state index is -5.65. The van der Waals surface area contributed by atoms with E-state index in [9.17, 15) is 52.7 Å². The van der Waals surface area contributed by atoms with Gasteiger partial charge in [-0.1, -0.05) is 49.1 Å². The average molecular weight is 633 g/mol. The molecule has 238 valence electrons. The summed E-state index contributed by atoms with van der Waals surface area (Å²) < 4.78 is 157. The van der Waals surface area contributed by atoms with E-state index in [1.54, 1.807) is 25.2 Å². The van der Waals surface area contributed by atoms with Crippen LogP contribution in [0.4, 0.5) is 52.7 Å². The van der Waals surface area contributed by atoms with Gasteiger partial charge in [-0.15, -0.1) is 9.80 Å². The van der Waals surface area contributed by atoms with Crippen LogP contribution >= 0.6 is 0 Å². The Kier molecular flexibility index (Phi) is 10.4. The molecule has 0 aromatic heterocycles. The molecule has 0 spiro atoms. The molecule has 0 amide bonds. The number of hydrogen-bond donors (Lipinski definition) is 0. The Balaban J connectivity index is 2.12. The van der Waals surface area contributed by atoms with Crippen LogP contribution in [-0.4, -0.2) is 48.1 Å². The highest BCUT2D eigenvalue weighted by Gasteiger charge is 2.54. The minimum absolute atomic E-state index is 0.205. The predicted molar refractivity (Wildman–Crippen MR) is 140 cm³/mol. The summed E-state index contributed by atoms with van der Waals surface area (Å²) in [5, 5.41) is 0.958. The van der Waals surface area contributed by atoms with E-state index in [-0.39, 0.29) is 12.8 Å². The molecule has 43 heavy (non-hydrogen) atoms. The molecule has 2 aromatic rings. The molecule has 0 saturated carbocycles. The van der Waals surface area contributed by atoms with E-state index in [4.69, 9.17) is 0 Å². The molecule has 14 heteroatoms. The van der Waals surface area contributed by atoms with Crippen molar-refractivity contribution in [3.63, 3.8) is 0 Å². The van der Waals surface area contributed by atoms with Crippen LogP contribution in [0.15, 0.2) is 36.9 Å². The third-order valence-corrected chi connectivity index (χ3v) is 7.22. The number of nitrogens with zero attached hydrogens (tertiary/aromatic N) is 2. The zero-order valence-corrected chi connectivity index (χ0v) is 22.8. The van der Waals surface area contributed by atoms with Gasteiger partial charge in [0, 0.05) is 13.1 Å². The fourth-order valence-corrected chi connectivity index (χ4v) is 5.38. The summed E-state index contributed by atoms with van der Waals surface area (Å²) in [6.07, 6.45) is -14.5. The van der Waals surface area contributed by atoms with Crippen molar-refractivity contribution in [3.05, 3.63) is 70.3 Å². The predicted octanol–water partition coefficient (Wildman–Crippen LogP) is 9.86. The van der Waals surface area contributed by atoms with Gasteiger partial charge in [0.2, 0.25) is 0 Å². The van der Waals surface area contributed by atoms with E-state index in [1.165, 1.54) is 18.2 Å². The monoisotopic (exact) mass is 632 g/mol. The number of allylic oxidation sites excluding steroid dienone is 3. The molecule has 0 bridgehead atoms. The Morgan fingerprint density at radius 2 is 1.21 bits per heavy atom. The van der Waals surface area contributed by atoms with Gasteiger partial charge < -0.3 is 0 Å². The topological polar surface area (TPSA) is 6.48 Å². The summed E-state index contributed by atoms with van der Waals surface area (Å²) in [4.78, 5) is -3.03. The van der Waals surface area contributed by atoms with Gasteiger partial charge in [-0.25, -0.2) is 0 Å². The first-order valence-electron chi connectivity index (χ1n) is 13.2. The van der Waals surface area contributed by atoms with Crippen LogP contribution in [0, 0.1) is 6.92 Å². The number of hydrogen-bond acceptors (Lipinski definition) is 2. The van der Waals surface area contributed by atoms with E-state index in [0.717, 1.165) is 11.1 Å². The Morgan fingerprint density at radius 3 is 1.65 bits per heavy atom. The number of rotatable bonds is 10. The fourth-order valence-electron chi connectivity index (χ4n) is 5.38. The van der Waals surface area contributed by atoms with E-state index in [0.29, 0.717) is 45.9 Å². The second-order valence-corrected chi connectivity index (χ2v) is 9.98. The first kappa shape index (κ1) is 34.5. The first-order valence-corrected chi connectivity index (χ1v) is 13.2. The molecule has 0 atom stereocenters. The van der Waals surface area contributed by atoms with Gasteiger partial charge in [0.25, 0.3) is 0 Å². The summed E-state index contributed by atoms with van der Waals surface area (Å²) >= 11 is 0. The molecule has 0 unspecified atom stereocenters. The summed E-state index contributed by atoms with van der Waals surface area (Å²) in [6.45, 7) is 2.68. The van der Waals surface area contributed by atoms with Gasteiger partial charge in [-0.2, -0.15) is 52.7 Å². The van der Waals surface area contributed by atoms with Crippen LogP contribution in [0.25, 0.3) is 22.9 Å². The minimum Gasteiger partial charge on any atom is -0.155 e. The van der Waals surface area contributed by atoms with Crippen LogP contribution < -0.4 is 0 Å². The zero-order chi connectivity index (χ0) is 32.4. The van der Waals surface area contributed by atoms with Gasteiger partial charge in [-0.05, 0) is 89.6 Å². The van der Waals surface area contributed by atoms with Crippen LogP contribution in [0.2, 0.25) is 0 Å². The number of aryl methyl sites for hydroxylation is 2. The molecule has 0 fully saturated rings. The van der Waals surface area contributed by atoms with E-state index in [2.05, 4.69) is 6.58 Å². The summed E-state index contributed by atoms with van der Waals surface area (Å²) in [6, 6.07) is 2.92. The molecule has 1 aliphatic carbocycles. The highest BCUT2D eigenvalue weighted by Crippen LogP contribution is 2.41. The molecule has 0 heterocycles. The lowest BCUT2D eigenvalue weighted by Gasteiger charge is -2.28. The Hall–Kier alpha value is -3.00. The Bertz CT molecular complexity index is 1330. The SMILES string of the molecule is C=C/C=C\c1c(C)c2c(c3c(CCCN(C(F)(F)F)C(F)(F)F)ccc(CCCN(C(F)(F)F)C(F)(F)F)c13)C=CCC2. The van der Waals surface area contributed by atoms with Gasteiger partial charge >= 0.3 is 25.2 Å². The molecule has 1 aliphatic rings. The van der Waals surface area contributed by atoms with Gasteiger partial charge in [0.1, 0.15) is 0 Å². The highest BCUT2D eigenvalue weighted by molar-refractivity contribution is 6.03. The first-order chi connectivity index (χ1) is 19.8. The fraction of sp³-hybridized carbons (Fsp3) is 0.448. The van der Waals surface area contributed by atoms with Crippen LogP contribution in [0.5, 0.6) is 0 Å². The molecule has 0 radical (unpaired) electrons. The lowest BCUT2D eigenvalue weighted by atomic mass is 9.80. The summed E-state index contributed by atoms with van der Waals surface area (Å²) in [5.41, 5.74) is 3.73. The maximum Gasteiger partial charge on any atom is 0.467 e. The van der Waals surface area contributed by atoms with Crippen LogP contribution in [0.3, 0.4) is 0 Å². The van der Waals surface area contributed by atoms with Crippen molar-refractivity contribution in [1.29, 1.82) is 0 Å². The molecule has 0 N–H and O–H groups in total. The average Bonchev–Trinajstić information content (AvgIpc) is 2.86. The Labute approximate surface area is 239 Å². The number of benzene rings is 2. The number of halogens is 12.